The van der Waals surface area contributed by atoms with Gasteiger partial charge in [-0.15, -0.1) is 0 Å². The molecule has 0 amide bonds. The van der Waals surface area contributed by atoms with Crippen molar-refractivity contribution in [1.82, 2.24) is 9.97 Å². The van der Waals surface area contributed by atoms with E-state index in [1.165, 1.54) is 0 Å². The van der Waals surface area contributed by atoms with E-state index in [-0.39, 0.29) is 5.78 Å². The summed E-state index contributed by atoms with van der Waals surface area (Å²) in [6.45, 7) is 1.92. The quantitative estimate of drug-likeness (QED) is 0.543. The summed E-state index contributed by atoms with van der Waals surface area (Å²) in [6, 6.07) is 9.08. The SMILES string of the molecule is Cc1cc(N)cc(C(=O)c2c[nH]c3ncccc23)c1. The van der Waals surface area contributed by atoms with Crippen LogP contribution in [0.2, 0.25) is 0 Å². The Kier molecular flexibility index (Phi) is 2.56. The summed E-state index contributed by atoms with van der Waals surface area (Å²) in [4.78, 5) is 19.7. The highest BCUT2D eigenvalue weighted by Gasteiger charge is 2.15. The molecule has 3 aromatic rings. The topological polar surface area (TPSA) is 71.8 Å². The Morgan fingerprint density at radius 1 is 1.32 bits per heavy atom. The highest BCUT2D eigenvalue weighted by Crippen LogP contribution is 2.21. The van der Waals surface area contributed by atoms with Crippen LogP contribution in [-0.4, -0.2) is 15.8 Å². The predicted octanol–water partition coefficient (Wildman–Crippen LogP) is 2.68. The average Bonchev–Trinajstić information content (AvgIpc) is 2.80. The fraction of sp³-hybridized carbons (Fsp3) is 0.0667. The van der Waals surface area contributed by atoms with Crippen molar-refractivity contribution >= 4 is 22.5 Å². The van der Waals surface area contributed by atoms with E-state index in [2.05, 4.69) is 9.97 Å². The largest absolute Gasteiger partial charge is 0.399 e. The van der Waals surface area contributed by atoms with Gasteiger partial charge in [0.05, 0.1) is 0 Å². The van der Waals surface area contributed by atoms with Crippen LogP contribution in [0.3, 0.4) is 0 Å². The molecule has 0 unspecified atom stereocenters. The first-order chi connectivity index (χ1) is 9.15. The molecule has 3 rings (SSSR count). The Balaban J connectivity index is 2.13. The van der Waals surface area contributed by atoms with Crippen molar-refractivity contribution in [1.29, 1.82) is 0 Å². The van der Waals surface area contributed by atoms with E-state index in [9.17, 15) is 4.79 Å². The first-order valence-corrected chi connectivity index (χ1v) is 5.99. The van der Waals surface area contributed by atoms with Crippen molar-refractivity contribution in [2.45, 2.75) is 6.92 Å². The molecule has 4 nitrogen and oxygen atoms in total. The van der Waals surface area contributed by atoms with Crippen LogP contribution in [0.15, 0.2) is 42.7 Å². The number of aromatic amines is 1. The third-order valence-corrected chi connectivity index (χ3v) is 3.06. The normalized spacial score (nSPS) is 10.8. The Morgan fingerprint density at radius 2 is 2.16 bits per heavy atom. The second-order valence-corrected chi connectivity index (χ2v) is 4.56. The van der Waals surface area contributed by atoms with E-state index in [4.69, 9.17) is 5.73 Å². The number of ketones is 1. The standard InChI is InChI=1S/C15H13N3O/c1-9-5-10(7-11(16)6-9)14(19)13-8-18-15-12(13)3-2-4-17-15/h2-8H,16H2,1H3,(H,17,18). The minimum atomic E-state index is -0.0466. The van der Waals surface area contributed by atoms with Crippen LogP contribution < -0.4 is 5.73 Å². The number of anilines is 1. The Hall–Kier alpha value is -2.62. The maximum Gasteiger partial charge on any atom is 0.195 e. The first-order valence-electron chi connectivity index (χ1n) is 5.99. The molecule has 0 aliphatic heterocycles. The van der Waals surface area contributed by atoms with E-state index in [0.717, 1.165) is 10.9 Å². The smallest absolute Gasteiger partial charge is 0.195 e. The molecule has 94 valence electrons. The van der Waals surface area contributed by atoms with Gasteiger partial charge in [-0.05, 0) is 42.8 Å². The summed E-state index contributed by atoms with van der Waals surface area (Å²) in [5, 5.41) is 0.826. The molecule has 0 saturated heterocycles. The number of pyridine rings is 1. The number of hydrogen-bond acceptors (Lipinski definition) is 3. The van der Waals surface area contributed by atoms with Gasteiger partial charge in [0.1, 0.15) is 5.65 Å². The van der Waals surface area contributed by atoms with Gasteiger partial charge in [-0.2, -0.15) is 0 Å². The van der Waals surface area contributed by atoms with Gasteiger partial charge in [-0.25, -0.2) is 4.98 Å². The second kappa shape index (κ2) is 4.24. The molecule has 0 spiro atoms. The number of carbonyl (C=O) groups is 1. The van der Waals surface area contributed by atoms with E-state index in [0.29, 0.717) is 22.5 Å². The third-order valence-electron chi connectivity index (χ3n) is 3.06. The van der Waals surface area contributed by atoms with Crippen LogP contribution in [0.4, 0.5) is 5.69 Å². The number of benzene rings is 1. The van der Waals surface area contributed by atoms with E-state index in [1.54, 1.807) is 18.5 Å². The number of nitrogens with two attached hydrogens (primary N) is 1. The lowest BCUT2D eigenvalue weighted by Gasteiger charge is -2.03. The summed E-state index contributed by atoms with van der Waals surface area (Å²) >= 11 is 0. The maximum absolute atomic E-state index is 12.5. The van der Waals surface area contributed by atoms with Crippen LogP contribution in [0.5, 0.6) is 0 Å². The molecule has 0 aliphatic rings. The van der Waals surface area contributed by atoms with Gasteiger partial charge in [0.15, 0.2) is 5.78 Å². The van der Waals surface area contributed by atoms with Gasteiger partial charge < -0.3 is 10.7 Å². The monoisotopic (exact) mass is 251 g/mol. The fourth-order valence-corrected chi connectivity index (χ4v) is 2.24. The number of aromatic nitrogens is 2. The van der Waals surface area contributed by atoms with E-state index >= 15 is 0 Å². The average molecular weight is 251 g/mol. The molecule has 0 atom stereocenters. The molecule has 19 heavy (non-hydrogen) atoms. The van der Waals surface area contributed by atoms with Gasteiger partial charge in [0.25, 0.3) is 0 Å². The van der Waals surface area contributed by atoms with Crippen molar-refractivity contribution in [3.8, 4) is 0 Å². The number of aryl methyl sites for hydroxylation is 1. The van der Waals surface area contributed by atoms with Crippen molar-refractivity contribution in [2.24, 2.45) is 0 Å². The molecule has 0 saturated carbocycles. The minimum Gasteiger partial charge on any atom is -0.399 e. The zero-order valence-corrected chi connectivity index (χ0v) is 10.5. The molecule has 1 aromatic carbocycles. The van der Waals surface area contributed by atoms with E-state index in [1.807, 2.05) is 31.2 Å². The molecule has 0 aliphatic carbocycles. The molecular formula is C15H13N3O. The lowest BCUT2D eigenvalue weighted by atomic mass is 10.0. The predicted molar refractivity (Wildman–Crippen MR) is 75.1 cm³/mol. The van der Waals surface area contributed by atoms with Gasteiger partial charge in [0.2, 0.25) is 0 Å². The lowest BCUT2D eigenvalue weighted by molar-refractivity contribution is 0.104. The molecule has 2 heterocycles. The zero-order valence-electron chi connectivity index (χ0n) is 10.5. The van der Waals surface area contributed by atoms with Crippen molar-refractivity contribution in [2.75, 3.05) is 5.73 Å². The highest BCUT2D eigenvalue weighted by atomic mass is 16.1. The summed E-state index contributed by atoms with van der Waals surface area (Å²) in [7, 11) is 0. The molecule has 0 radical (unpaired) electrons. The van der Waals surface area contributed by atoms with Gasteiger partial charge >= 0.3 is 0 Å². The minimum absolute atomic E-state index is 0.0466. The molecule has 2 aromatic heterocycles. The molecule has 3 N–H and O–H groups in total. The van der Waals surface area contributed by atoms with Crippen LogP contribution in [0.1, 0.15) is 21.5 Å². The lowest BCUT2D eigenvalue weighted by Crippen LogP contribution is -2.02. The fourth-order valence-electron chi connectivity index (χ4n) is 2.24. The Bertz CT molecular complexity index is 754. The van der Waals surface area contributed by atoms with Crippen LogP contribution in [0.25, 0.3) is 11.0 Å². The van der Waals surface area contributed by atoms with E-state index < -0.39 is 0 Å². The zero-order chi connectivity index (χ0) is 13.4. The summed E-state index contributed by atoms with van der Waals surface area (Å²) in [5.74, 6) is -0.0466. The number of fused-ring (bicyclic) bond motifs is 1. The van der Waals surface area contributed by atoms with Crippen LogP contribution in [0, 0.1) is 6.92 Å². The number of hydrogen-bond donors (Lipinski definition) is 2. The number of nitrogens with one attached hydrogen (secondary N) is 1. The second-order valence-electron chi connectivity index (χ2n) is 4.56. The summed E-state index contributed by atoms with van der Waals surface area (Å²) in [6.07, 6.45) is 3.39. The number of carbonyl (C=O) groups excluding carboxylic acids is 1. The van der Waals surface area contributed by atoms with Crippen LogP contribution >= 0.6 is 0 Å². The number of nitrogen functional groups attached to an aromatic ring is 1. The van der Waals surface area contributed by atoms with Gasteiger partial charge in [0, 0.05) is 34.6 Å². The Labute approximate surface area is 110 Å². The Morgan fingerprint density at radius 3 is 2.95 bits per heavy atom. The number of rotatable bonds is 2. The van der Waals surface area contributed by atoms with Crippen molar-refractivity contribution in [3.63, 3.8) is 0 Å². The summed E-state index contributed by atoms with van der Waals surface area (Å²) < 4.78 is 0. The molecular weight excluding hydrogens is 238 g/mol. The van der Waals surface area contributed by atoms with Crippen molar-refractivity contribution in [3.05, 3.63) is 59.4 Å². The third kappa shape index (κ3) is 1.97. The highest BCUT2D eigenvalue weighted by molar-refractivity contribution is 6.16. The van der Waals surface area contributed by atoms with Gasteiger partial charge in [-0.1, -0.05) is 0 Å². The summed E-state index contributed by atoms with van der Waals surface area (Å²) in [5.41, 5.74) is 9.30. The van der Waals surface area contributed by atoms with Crippen LogP contribution in [-0.2, 0) is 0 Å². The van der Waals surface area contributed by atoms with Crippen molar-refractivity contribution < 1.29 is 4.79 Å². The maximum atomic E-state index is 12.5. The molecule has 0 bridgehead atoms. The molecule has 4 heteroatoms. The van der Waals surface area contributed by atoms with Gasteiger partial charge in [-0.3, -0.25) is 4.79 Å². The molecule has 0 fully saturated rings. The number of H-pyrrole nitrogens is 1. The number of nitrogens with zero attached hydrogens (tertiary/aromatic N) is 1. The first kappa shape index (κ1) is 11.5.